The average molecular weight is 241 g/mol. The van der Waals surface area contributed by atoms with Crippen LogP contribution in [-0.2, 0) is 9.47 Å². The zero-order chi connectivity index (χ0) is 12.0. The lowest BCUT2D eigenvalue weighted by molar-refractivity contribution is -0.323. The Balaban J connectivity index is 2.22. The molecule has 94 valence electrons. The van der Waals surface area contributed by atoms with Gasteiger partial charge in [0.25, 0.3) is 0 Å². The van der Waals surface area contributed by atoms with Gasteiger partial charge >= 0.3 is 6.36 Å². The van der Waals surface area contributed by atoms with Crippen molar-refractivity contribution in [1.29, 1.82) is 0 Å². The summed E-state index contributed by atoms with van der Waals surface area (Å²) >= 11 is 0. The van der Waals surface area contributed by atoms with Crippen molar-refractivity contribution >= 4 is 5.96 Å². The SMILES string of the molecule is NC(=NCCOC(F)(F)F)N1CCOCC1. The van der Waals surface area contributed by atoms with E-state index in [9.17, 15) is 13.2 Å². The number of aliphatic imine (C=N–C) groups is 1. The van der Waals surface area contributed by atoms with Crippen molar-refractivity contribution in [1.82, 2.24) is 4.90 Å². The van der Waals surface area contributed by atoms with E-state index >= 15 is 0 Å². The van der Waals surface area contributed by atoms with Crippen molar-refractivity contribution in [2.75, 3.05) is 39.5 Å². The Kier molecular flexibility index (Phi) is 4.81. The van der Waals surface area contributed by atoms with E-state index in [1.54, 1.807) is 4.90 Å². The highest BCUT2D eigenvalue weighted by atomic mass is 19.4. The molecule has 0 atom stereocenters. The Morgan fingerprint density at radius 1 is 1.38 bits per heavy atom. The number of nitrogens with zero attached hydrogens (tertiary/aromatic N) is 2. The number of rotatable bonds is 3. The molecule has 8 heteroatoms. The van der Waals surface area contributed by atoms with Gasteiger partial charge in [-0.2, -0.15) is 0 Å². The van der Waals surface area contributed by atoms with Crippen molar-refractivity contribution in [2.24, 2.45) is 10.7 Å². The molecule has 1 rings (SSSR count). The second kappa shape index (κ2) is 5.90. The van der Waals surface area contributed by atoms with Crippen LogP contribution in [0.2, 0.25) is 0 Å². The molecule has 0 aromatic rings. The summed E-state index contributed by atoms with van der Waals surface area (Å²) in [7, 11) is 0. The van der Waals surface area contributed by atoms with E-state index in [1.807, 2.05) is 0 Å². The predicted octanol–water partition coefficient (Wildman–Crippen LogP) is 0.170. The number of hydrogen-bond donors (Lipinski definition) is 1. The molecule has 1 fully saturated rings. The third kappa shape index (κ3) is 5.17. The Morgan fingerprint density at radius 3 is 2.56 bits per heavy atom. The molecule has 1 saturated heterocycles. The number of hydrogen-bond acceptors (Lipinski definition) is 3. The van der Waals surface area contributed by atoms with Crippen molar-refractivity contribution in [3.05, 3.63) is 0 Å². The monoisotopic (exact) mass is 241 g/mol. The van der Waals surface area contributed by atoms with Crippen molar-refractivity contribution in [3.63, 3.8) is 0 Å². The highest BCUT2D eigenvalue weighted by molar-refractivity contribution is 5.78. The van der Waals surface area contributed by atoms with Crippen LogP contribution in [0.4, 0.5) is 13.2 Å². The second-order valence-corrected chi connectivity index (χ2v) is 3.13. The second-order valence-electron chi connectivity index (χ2n) is 3.13. The summed E-state index contributed by atoms with van der Waals surface area (Å²) in [5.41, 5.74) is 5.58. The van der Waals surface area contributed by atoms with E-state index in [0.29, 0.717) is 26.3 Å². The first kappa shape index (κ1) is 13.0. The molecule has 0 saturated carbocycles. The smallest absolute Gasteiger partial charge is 0.378 e. The topological polar surface area (TPSA) is 60.1 Å². The Morgan fingerprint density at radius 2 is 2.00 bits per heavy atom. The van der Waals surface area contributed by atoms with E-state index in [4.69, 9.17) is 10.5 Å². The zero-order valence-electron chi connectivity index (χ0n) is 8.66. The quantitative estimate of drug-likeness (QED) is 0.434. The average Bonchev–Trinajstić information content (AvgIpc) is 2.24. The maximum atomic E-state index is 11.6. The molecule has 0 spiro atoms. The van der Waals surface area contributed by atoms with Crippen LogP contribution in [-0.4, -0.2) is 56.7 Å². The summed E-state index contributed by atoms with van der Waals surface area (Å²) in [6, 6.07) is 0. The summed E-state index contributed by atoms with van der Waals surface area (Å²) in [5.74, 6) is 0.231. The van der Waals surface area contributed by atoms with E-state index in [2.05, 4.69) is 9.73 Å². The molecule has 5 nitrogen and oxygen atoms in total. The molecule has 0 unspecified atom stereocenters. The van der Waals surface area contributed by atoms with Gasteiger partial charge < -0.3 is 15.4 Å². The van der Waals surface area contributed by atoms with Gasteiger partial charge in [-0.15, -0.1) is 13.2 Å². The minimum atomic E-state index is -4.61. The summed E-state index contributed by atoms with van der Waals surface area (Å²) in [4.78, 5) is 5.55. The van der Waals surface area contributed by atoms with E-state index in [1.165, 1.54) is 0 Å². The third-order valence-electron chi connectivity index (χ3n) is 1.97. The standard InChI is InChI=1S/C8H14F3N3O2/c9-8(10,11)16-4-1-13-7(12)14-2-5-15-6-3-14/h1-6H2,(H2,12,13). The molecule has 1 aliphatic rings. The summed E-state index contributed by atoms with van der Waals surface area (Å²) < 4.78 is 43.5. The highest BCUT2D eigenvalue weighted by Crippen LogP contribution is 2.15. The number of nitrogens with two attached hydrogens (primary N) is 1. The van der Waals surface area contributed by atoms with Crippen LogP contribution in [0.25, 0.3) is 0 Å². The lowest BCUT2D eigenvalue weighted by Crippen LogP contribution is -2.45. The van der Waals surface area contributed by atoms with Crippen LogP contribution in [0.3, 0.4) is 0 Å². The first-order chi connectivity index (χ1) is 7.49. The first-order valence-electron chi connectivity index (χ1n) is 4.82. The Bertz CT molecular complexity index is 239. The van der Waals surface area contributed by atoms with Gasteiger partial charge in [0, 0.05) is 13.1 Å². The van der Waals surface area contributed by atoms with Crippen LogP contribution in [0.5, 0.6) is 0 Å². The molecule has 0 aromatic carbocycles. The first-order valence-corrected chi connectivity index (χ1v) is 4.82. The van der Waals surface area contributed by atoms with Gasteiger partial charge in [-0.05, 0) is 0 Å². The van der Waals surface area contributed by atoms with Crippen LogP contribution in [0.15, 0.2) is 4.99 Å². The van der Waals surface area contributed by atoms with Gasteiger partial charge in [-0.1, -0.05) is 0 Å². The molecular weight excluding hydrogens is 227 g/mol. The van der Waals surface area contributed by atoms with Crippen LogP contribution >= 0.6 is 0 Å². The fourth-order valence-electron chi connectivity index (χ4n) is 1.21. The lowest BCUT2D eigenvalue weighted by atomic mass is 10.4. The van der Waals surface area contributed by atoms with E-state index in [-0.39, 0.29) is 12.5 Å². The maximum Gasteiger partial charge on any atom is 0.522 e. The van der Waals surface area contributed by atoms with Gasteiger partial charge in [-0.25, -0.2) is 0 Å². The number of alkyl halides is 3. The van der Waals surface area contributed by atoms with Gasteiger partial charge in [0.2, 0.25) is 0 Å². The molecule has 0 aliphatic carbocycles. The van der Waals surface area contributed by atoms with Gasteiger partial charge in [-0.3, -0.25) is 9.73 Å². The molecule has 0 aromatic heterocycles. The van der Waals surface area contributed by atoms with Gasteiger partial charge in [0.1, 0.15) is 0 Å². The molecule has 2 N–H and O–H groups in total. The number of halogens is 3. The Labute approximate surface area is 91.0 Å². The maximum absolute atomic E-state index is 11.6. The lowest BCUT2D eigenvalue weighted by Gasteiger charge is -2.27. The minimum absolute atomic E-state index is 0.108. The Hall–Kier alpha value is -1.02. The largest absolute Gasteiger partial charge is 0.522 e. The number of morpholine rings is 1. The third-order valence-corrected chi connectivity index (χ3v) is 1.97. The zero-order valence-corrected chi connectivity index (χ0v) is 8.66. The molecule has 0 amide bonds. The summed E-state index contributed by atoms with van der Waals surface area (Å²) in [5, 5.41) is 0. The van der Waals surface area contributed by atoms with Crippen molar-refractivity contribution in [3.8, 4) is 0 Å². The van der Waals surface area contributed by atoms with Crippen LogP contribution in [0.1, 0.15) is 0 Å². The molecule has 1 aliphatic heterocycles. The number of ether oxygens (including phenoxy) is 2. The molecule has 0 radical (unpaired) electrons. The van der Waals surface area contributed by atoms with Crippen molar-refractivity contribution < 1.29 is 22.6 Å². The fraction of sp³-hybridized carbons (Fsp3) is 0.875. The minimum Gasteiger partial charge on any atom is -0.378 e. The predicted molar refractivity (Wildman–Crippen MR) is 50.9 cm³/mol. The molecule has 1 heterocycles. The molecule has 0 bridgehead atoms. The van der Waals surface area contributed by atoms with Gasteiger partial charge in [0.05, 0.1) is 26.4 Å². The molecular formula is C8H14F3N3O2. The van der Waals surface area contributed by atoms with Crippen molar-refractivity contribution in [2.45, 2.75) is 6.36 Å². The van der Waals surface area contributed by atoms with E-state index in [0.717, 1.165) is 0 Å². The normalized spacial score (nSPS) is 18.9. The highest BCUT2D eigenvalue weighted by Gasteiger charge is 2.28. The summed E-state index contributed by atoms with van der Waals surface area (Å²) in [6.45, 7) is 1.69. The summed E-state index contributed by atoms with van der Waals surface area (Å²) in [6.07, 6.45) is -4.61. The van der Waals surface area contributed by atoms with E-state index < -0.39 is 13.0 Å². The number of guanidine groups is 1. The van der Waals surface area contributed by atoms with Gasteiger partial charge in [0.15, 0.2) is 5.96 Å². The molecule has 16 heavy (non-hydrogen) atoms. The van der Waals surface area contributed by atoms with Crippen LogP contribution < -0.4 is 5.73 Å². The van der Waals surface area contributed by atoms with Crippen LogP contribution in [0, 0.1) is 0 Å². The fourth-order valence-corrected chi connectivity index (χ4v) is 1.21.